The zero-order valence-electron chi connectivity index (χ0n) is 15.5. The molecule has 3 heterocycles. The number of hydrogen-bond acceptors (Lipinski definition) is 8. The number of rotatable bonds is 5. The van der Waals surface area contributed by atoms with E-state index in [1.807, 2.05) is 12.1 Å². The summed E-state index contributed by atoms with van der Waals surface area (Å²) in [6, 6.07) is 7.10. The summed E-state index contributed by atoms with van der Waals surface area (Å²) in [6.07, 6.45) is 0. The van der Waals surface area contributed by atoms with Crippen LogP contribution in [0.15, 0.2) is 29.3 Å². The summed E-state index contributed by atoms with van der Waals surface area (Å²) in [5, 5.41) is 6.89. The van der Waals surface area contributed by atoms with E-state index in [9.17, 15) is 13.2 Å². The molecule has 3 aliphatic rings. The fourth-order valence-electron chi connectivity index (χ4n) is 3.53. The minimum Gasteiger partial charge on any atom is -0.379 e. The van der Waals surface area contributed by atoms with Crippen LogP contribution < -0.4 is 10.6 Å². The van der Waals surface area contributed by atoms with Gasteiger partial charge >= 0.3 is 0 Å². The minimum absolute atomic E-state index is 0.000770. The molecule has 2 fully saturated rings. The number of nitrogens with one attached hydrogen (secondary N) is 2. The third-order valence-corrected chi connectivity index (χ3v) is 8.15. The summed E-state index contributed by atoms with van der Waals surface area (Å²) in [5.74, 6) is 0.199. The highest BCUT2D eigenvalue weighted by Gasteiger charge is 2.42. The van der Waals surface area contributed by atoms with Crippen LogP contribution in [0, 0.1) is 0 Å². The molecular formula is C18H24N4O4S2. The highest BCUT2D eigenvalue weighted by molar-refractivity contribution is 8.15. The maximum absolute atomic E-state index is 12.4. The zero-order valence-corrected chi connectivity index (χ0v) is 17.1. The summed E-state index contributed by atoms with van der Waals surface area (Å²) in [6.45, 7) is 4.70. The monoisotopic (exact) mass is 424 g/mol. The first kappa shape index (κ1) is 19.7. The molecule has 152 valence electrons. The standard InChI is InChI=1S/C18H24N4O4S2/c23-17(19-4-5-22-6-8-26-9-7-22)13-2-1-3-14(10-13)20-18-21-15-11-28(24,25)12-16(15)27-18/h1-3,10,15-16H,4-9,11-12H2,(H,19,23)(H,20,21). The van der Waals surface area contributed by atoms with Crippen molar-refractivity contribution in [3.8, 4) is 0 Å². The van der Waals surface area contributed by atoms with Gasteiger partial charge in [0.25, 0.3) is 5.91 Å². The number of nitrogens with zero attached hydrogens (tertiary/aromatic N) is 2. The van der Waals surface area contributed by atoms with Crippen molar-refractivity contribution in [3.63, 3.8) is 0 Å². The SMILES string of the molecule is O=C(NCCN1CCOCC1)c1cccc(NC2=NC3CS(=O)(=O)CC3S2)c1. The molecule has 1 aromatic rings. The van der Waals surface area contributed by atoms with E-state index in [1.165, 1.54) is 11.8 Å². The molecule has 0 aliphatic carbocycles. The number of amidine groups is 1. The predicted molar refractivity (Wildman–Crippen MR) is 111 cm³/mol. The number of ether oxygens (including phenoxy) is 1. The van der Waals surface area contributed by atoms with Gasteiger partial charge in [-0.25, -0.2) is 8.42 Å². The van der Waals surface area contributed by atoms with Crippen molar-refractivity contribution in [3.05, 3.63) is 29.8 Å². The summed E-state index contributed by atoms with van der Waals surface area (Å²) in [4.78, 5) is 19.2. The lowest BCUT2D eigenvalue weighted by molar-refractivity contribution is 0.0383. The Balaban J connectivity index is 1.30. The highest BCUT2D eigenvalue weighted by atomic mass is 32.2. The van der Waals surface area contributed by atoms with Crippen molar-refractivity contribution in [2.24, 2.45) is 4.99 Å². The van der Waals surface area contributed by atoms with Gasteiger partial charge in [-0.15, -0.1) is 0 Å². The molecule has 2 unspecified atom stereocenters. The number of amides is 1. The van der Waals surface area contributed by atoms with Crippen LogP contribution in [0.3, 0.4) is 0 Å². The normalized spacial score (nSPS) is 26.5. The molecule has 4 rings (SSSR count). The number of carbonyl (C=O) groups is 1. The van der Waals surface area contributed by atoms with E-state index < -0.39 is 9.84 Å². The number of aliphatic imine (C=N–C) groups is 1. The molecule has 28 heavy (non-hydrogen) atoms. The summed E-state index contributed by atoms with van der Waals surface area (Å²) in [7, 11) is -2.96. The van der Waals surface area contributed by atoms with Gasteiger partial charge in [-0.1, -0.05) is 17.8 Å². The Labute approximate surface area is 169 Å². The van der Waals surface area contributed by atoms with Crippen molar-refractivity contribution in [1.82, 2.24) is 10.2 Å². The minimum atomic E-state index is -2.96. The molecule has 2 N–H and O–H groups in total. The number of anilines is 1. The van der Waals surface area contributed by atoms with Crippen LogP contribution in [0.25, 0.3) is 0 Å². The smallest absolute Gasteiger partial charge is 0.251 e. The van der Waals surface area contributed by atoms with Crippen LogP contribution in [-0.2, 0) is 14.6 Å². The van der Waals surface area contributed by atoms with E-state index in [0.717, 1.165) is 43.7 Å². The van der Waals surface area contributed by atoms with E-state index in [1.54, 1.807) is 12.1 Å². The van der Waals surface area contributed by atoms with Gasteiger partial charge in [0.2, 0.25) is 0 Å². The number of fused-ring (bicyclic) bond motifs is 1. The lowest BCUT2D eigenvalue weighted by atomic mass is 10.2. The summed E-state index contributed by atoms with van der Waals surface area (Å²) < 4.78 is 28.6. The molecule has 8 nitrogen and oxygen atoms in total. The van der Waals surface area contributed by atoms with E-state index >= 15 is 0 Å². The Hall–Kier alpha value is -1.62. The largest absolute Gasteiger partial charge is 0.379 e. The maximum atomic E-state index is 12.4. The van der Waals surface area contributed by atoms with Crippen molar-refractivity contribution in [2.75, 3.05) is 56.2 Å². The van der Waals surface area contributed by atoms with E-state index in [2.05, 4.69) is 20.5 Å². The Morgan fingerprint density at radius 1 is 1.29 bits per heavy atom. The van der Waals surface area contributed by atoms with Gasteiger partial charge in [-0.3, -0.25) is 14.7 Å². The van der Waals surface area contributed by atoms with Crippen molar-refractivity contribution < 1.29 is 17.9 Å². The van der Waals surface area contributed by atoms with Crippen LogP contribution in [0.5, 0.6) is 0 Å². The molecule has 2 atom stereocenters. The molecule has 1 amide bonds. The second kappa shape index (κ2) is 8.40. The Kier molecular flexibility index (Phi) is 5.91. The van der Waals surface area contributed by atoms with Crippen molar-refractivity contribution >= 4 is 38.4 Å². The molecule has 0 aromatic heterocycles. The number of sulfone groups is 1. The van der Waals surface area contributed by atoms with Crippen molar-refractivity contribution in [1.29, 1.82) is 0 Å². The Morgan fingerprint density at radius 2 is 2.11 bits per heavy atom. The quantitative estimate of drug-likeness (QED) is 0.707. The molecule has 0 bridgehead atoms. The van der Waals surface area contributed by atoms with Crippen LogP contribution in [0.1, 0.15) is 10.4 Å². The average molecular weight is 425 g/mol. The topological polar surface area (TPSA) is 100 Å². The zero-order chi connectivity index (χ0) is 19.6. The fraction of sp³-hybridized carbons (Fsp3) is 0.556. The number of benzene rings is 1. The van der Waals surface area contributed by atoms with Crippen molar-refractivity contribution in [2.45, 2.75) is 11.3 Å². The van der Waals surface area contributed by atoms with Gasteiger partial charge in [0.1, 0.15) is 0 Å². The maximum Gasteiger partial charge on any atom is 0.251 e. The van der Waals surface area contributed by atoms with E-state index in [-0.39, 0.29) is 28.7 Å². The second-order valence-electron chi connectivity index (χ2n) is 7.15. The molecule has 0 saturated carbocycles. The first-order valence-corrected chi connectivity index (χ1v) is 12.1. The van der Waals surface area contributed by atoms with Crippen LogP contribution in [0.4, 0.5) is 5.69 Å². The van der Waals surface area contributed by atoms with Gasteiger partial charge in [-0.05, 0) is 18.2 Å². The lowest BCUT2D eigenvalue weighted by Crippen LogP contribution is -2.41. The first-order chi connectivity index (χ1) is 13.5. The van der Waals surface area contributed by atoms with E-state index in [0.29, 0.717) is 12.1 Å². The molecule has 10 heteroatoms. The van der Waals surface area contributed by atoms with Gasteiger partial charge in [0, 0.05) is 42.7 Å². The first-order valence-electron chi connectivity index (χ1n) is 9.39. The third kappa shape index (κ3) is 4.86. The molecular weight excluding hydrogens is 400 g/mol. The number of carbonyl (C=O) groups excluding carboxylic acids is 1. The van der Waals surface area contributed by atoms with Gasteiger partial charge in [0.05, 0.1) is 30.8 Å². The predicted octanol–water partition coefficient (Wildman–Crippen LogP) is 0.429. The third-order valence-electron chi connectivity index (χ3n) is 5.01. The highest BCUT2D eigenvalue weighted by Crippen LogP contribution is 2.34. The number of morpholine rings is 1. The molecule has 3 aliphatic heterocycles. The van der Waals surface area contributed by atoms with Gasteiger partial charge in [0.15, 0.2) is 15.0 Å². The molecule has 0 radical (unpaired) electrons. The van der Waals surface area contributed by atoms with Crippen LogP contribution >= 0.6 is 11.8 Å². The lowest BCUT2D eigenvalue weighted by Gasteiger charge is -2.26. The Bertz CT molecular complexity index is 868. The average Bonchev–Trinajstić information content (AvgIpc) is 3.15. The van der Waals surface area contributed by atoms with Gasteiger partial charge in [-0.2, -0.15) is 0 Å². The van der Waals surface area contributed by atoms with Crippen LogP contribution in [0.2, 0.25) is 0 Å². The van der Waals surface area contributed by atoms with Crippen LogP contribution in [-0.4, -0.2) is 86.6 Å². The second-order valence-corrected chi connectivity index (χ2v) is 10.5. The van der Waals surface area contributed by atoms with Gasteiger partial charge < -0.3 is 15.4 Å². The summed E-state index contributed by atoms with van der Waals surface area (Å²) >= 11 is 1.47. The number of thioether (sulfide) groups is 1. The molecule has 1 aromatic carbocycles. The Morgan fingerprint density at radius 3 is 2.89 bits per heavy atom. The summed E-state index contributed by atoms with van der Waals surface area (Å²) in [5.41, 5.74) is 1.35. The molecule has 0 spiro atoms. The fourth-order valence-corrected chi connectivity index (χ4v) is 7.21. The molecule has 2 saturated heterocycles. The number of hydrogen-bond donors (Lipinski definition) is 2. The van der Waals surface area contributed by atoms with E-state index in [4.69, 9.17) is 4.74 Å².